The Morgan fingerprint density at radius 3 is 2.09 bits per heavy atom. The molecule has 2 aliphatic heterocycles. The summed E-state index contributed by atoms with van der Waals surface area (Å²) in [4.78, 5) is 50.0. The highest BCUT2D eigenvalue weighted by atomic mass is 32.2. The molecule has 1 aromatic rings. The molecule has 0 unspecified atom stereocenters. The van der Waals surface area contributed by atoms with E-state index in [-0.39, 0.29) is 23.6 Å². The topological polar surface area (TPSA) is 118 Å². The lowest BCUT2D eigenvalue weighted by atomic mass is 9.97. The van der Waals surface area contributed by atoms with Gasteiger partial charge in [-0.15, -0.1) is 11.8 Å². The number of rotatable bonds is 7. The zero-order valence-corrected chi connectivity index (χ0v) is 20.5. The molecule has 0 bridgehead atoms. The van der Waals surface area contributed by atoms with Crippen LogP contribution in [0.25, 0.3) is 0 Å². The highest BCUT2D eigenvalue weighted by molar-refractivity contribution is 8.00. The van der Waals surface area contributed by atoms with E-state index in [1.165, 1.54) is 39.6 Å². The van der Waals surface area contributed by atoms with Gasteiger partial charge in [0.05, 0.1) is 12.3 Å². The Morgan fingerprint density at radius 2 is 1.53 bits per heavy atom. The molecule has 2 fully saturated rings. The minimum Gasteiger partial charge on any atom is -0.456 e. The molecular weight excluding hydrogens is 466 g/mol. The number of aryl methyl sites for hydroxylation is 1. The van der Waals surface area contributed by atoms with Crippen molar-refractivity contribution in [2.45, 2.75) is 63.8 Å². The molecule has 1 aromatic carbocycles. The summed E-state index contributed by atoms with van der Waals surface area (Å²) < 4.78 is 27.6. The van der Waals surface area contributed by atoms with Gasteiger partial charge in [0.15, 0.2) is 24.6 Å². The maximum Gasteiger partial charge on any atom is 0.303 e. The monoisotopic (exact) mass is 495 g/mol. The fourth-order valence-corrected chi connectivity index (χ4v) is 5.24. The fraction of sp³-hybridized carbons (Fsp3) is 0.565. The quantitative estimate of drug-likeness (QED) is 0.409. The van der Waals surface area contributed by atoms with Crippen molar-refractivity contribution in [2.24, 2.45) is 0 Å². The van der Waals surface area contributed by atoms with Gasteiger partial charge in [0.25, 0.3) is 0 Å². The first kappa shape index (κ1) is 26.0. The Hall–Kier alpha value is -2.63. The van der Waals surface area contributed by atoms with Crippen molar-refractivity contribution < 1.29 is 42.9 Å². The third-order valence-corrected chi connectivity index (χ3v) is 6.69. The number of hydrogen-bond donors (Lipinski definition) is 0. The standard InChI is InChI=1S/C23H29NO9S/c1-12-6-8-16(9-7-12)22-24(18(28)11-34-22)10-17-19(30-13(2)25)20(31-14(3)26)21(32-15(4)27)23(29-5)33-17/h6-9,17,19-23H,10-11H2,1-5H3/t17-,19-,20+,21-,22-,23+/m1/s1. The molecule has 0 radical (unpaired) electrons. The number of ether oxygens (including phenoxy) is 5. The van der Waals surface area contributed by atoms with Gasteiger partial charge in [0, 0.05) is 27.9 Å². The molecule has 0 N–H and O–H groups in total. The number of benzene rings is 1. The first-order chi connectivity index (χ1) is 16.1. The Labute approximate surface area is 202 Å². The van der Waals surface area contributed by atoms with Gasteiger partial charge >= 0.3 is 17.9 Å². The summed E-state index contributed by atoms with van der Waals surface area (Å²) in [6, 6.07) is 7.86. The third kappa shape index (κ3) is 6.08. The van der Waals surface area contributed by atoms with Gasteiger partial charge in [-0.25, -0.2) is 0 Å². The Bertz CT molecular complexity index is 922. The van der Waals surface area contributed by atoms with Crippen molar-refractivity contribution >= 4 is 35.6 Å². The van der Waals surface area contributed by atoms with Crippen molar-refractivity contribution in [1.82, 2.24) is 4.90 Å². The summed E-state index contributed by atoms with van der Waals surface area (Å²) in [6.07, 6.45) is -5.55. The second-order valence-corrected chi connectivity index (χ2v) is 9.19. The van der Waals surface area contributed by atoms with E-state index < -0.39 is 48.6 Å². The molecule has 2 aliphatic rings. The van der Waals surface area contributed by atoms with Crippen molar-refractivity contribution in [3.63, 3.8) is 0 Å². The van der Waals surface area contributed by atoms with Gasteiger partial charge in [-0.2, -0.15) is 0 Å². The van der Waals surface area contributed by atoms with Crippen molar-refractivity contribution in [3.8, 4) is 0 Å². The molecular formula is C23H29NO9S. The Balaban J connectivity index is 1.94. The lowest BCUT2D eigenvalue weighted by molar-refractivity contribution is -0.299. The maximum absolute atomic E-state index is 12.8. The average Bonchev–Trinajstić information content (AvgIpc) is 3.11. The average molecular weight is 496 g/mol. The number of hydrogen-bond acceptors (Lipinski definition) is 10. The van der Waals surface area contributed by atoms with Crippen molar-refractivity contribution in [3.05, 3.63) is 35.4 Å². The first-order valence-corrected chi connectivity index (χ1v) is 11.8. The van der Waals surface area contributed by atoms with E-state index in [0.717, 1.165) is 11.1 Å². The zero-order chi connectivity index (χ0) is 25.0. The summed E-state index contributed by atoms with van der Waals surface area (Å²) in [5.41, 5.74) is 2.04. The first-order valence-electron chi connectivity index (χ1n) is 10.8. The van der Waals surface area contributed by atoms with E-state index in [2.05, 4.69) is 0 Å². The van der Waals surface area contributed by atoms with Crippen LogP contribution in [0.3, 0.4) is 0 Å². The van der Waals surface area contributed by atoms with Crippen LogP contribution in [-0.2, 0) is 42.9 Å². The van der Waals surface area contributed by atoms with Crippen LogP contribution in [0.5, 0.6) is 0 Å². The molecule has 0 aliphatic carbocycles. The minimum absolute atomic E-state index is 0.0345. The van der Waals surface area contributed by atoms with Crippen LogP contribution >= 0.6 is 11.8 Å². The number of amides is 1. The summed E-state index contributed by atoms with van der Waals surface area (Å²) in [6.45, 7) is 5.60. The molecule has 34 heavy (non-hydrogen) atoms. The van der Waals surface area contributed by atoms with E-state index in [4.69, 9.17) is 23.7 Å². The molecule has 2 saturated heterocycles. The molecule has 11 heteroatoms. The molecule has 0 saturated carbocycles. The second-order valence-electron chi connectivity index (χ2n) is 8.12. The van der Waals surface area contributed by atoms with Gasteiger partial charge < -0.3 is 28.6 Å². The van der Waals surface area contributed by atoms with Crippen LogP contribution in [0.4, 0.5) is 0 Å². The molecule has 2 heterocycles. The highest BCUT2D eigenvalue weighted by Crippen LogP contribution is 2.40. The fourth-order valence-electron chi connectivity index (χ4n) is 4.04. The van der Waals surface area contributed by atoms with E-state index in [1.54, 1.807) is 4.90 Å². The smallest absolute Gasteiger partial charge is 0.303 e. The molecule has 0 spiro atoms. The predicted octanol–water partition coefficient (Wildman–Crippen LogP) is 1.74. The summed E-state index contributed by atoms with van der Waals surface area (Å²) >= 11 is 1.48. The van der Waals surface area contributed by atoms with Crippen LogP contribution in [0.15, 0.2) is 24.3 Å². The number of carbonyl (C=O) groups excluding carboxylic acids is 4. The second kappa shape index (κ2) is 11.2. The summed E-state index contributed by atoms with van der Waals surface area (Å²) in [5, 5.41) is -0.269. The van der Waals surface area contributed by atoms with Crippen molar-refractivity contribution in [1.29, 1.82) is 0 Å². The third-order valence-electron chi connectivity index (χ3n) is 5.44. The van der Waals surface area contributed by atoms with E-state index in [9.17, 15) is 19.2 Å². The number of esters is 3. The van der Waals surface area contributed by atoms with Crippen LogP contribution in [-0.4, -0.2) is 78.8 Å². The number of methoxy groups -OCH3 is 1. The van der Waals surface area contributed by atoms with Crippen molar-refractivity contribution in [2.75, 3.05) is 19.4 Å². The molecule has 6 atom stereocenters. The Kier molecular flexibility index (Phi) is 8.56. The zero-order valence-electron chi connectivity index (χ0n) is 19.7. The Morgan fingerprint density at radius 1 is 0.971 bits per heavy atom. The lowest BCUT2D eigenvalue weighted by Gasteiger charge is -2.45. The van der Waals surface area contributed by atoms with Gasteiger partial charge in [-0.05, 0) is 12.5 Å². The van der Waals surface area contributed by atoms with Crippen LogP contribution in [0, 0.1) is 6.92 Å². The van der Waals surface area contributed by atoms with Gasteiger partial charge in [0.2, 0.25) is 5.91 Å². The minimum atomic E-state index is -1.20. The highest BCUT2D eigenvalue weighted by Gasteiger charge is 2.53. The molecule has 3 rings (SSSR count). The number of thioether (sulfide) groups is 1. The molecule has 1 amide bonds. The largest absolute Gasteiger partial charge is 0.456 e. The SMILES string of the molecule is CO[C@H]1O[C@H](CN2C(=O)CS[C@@H]2c2ccc(C)cc2)[C@@H](OC(C)=O)[C@H](OC(C)=O)[C@H]1OC(C)=O. The van der Waals surface area contributed by atoms with E-state index in [1.807, 2.05) is 31.2 Å². The van der Waals surface area contributed by atoms with E-state index in [0.29, 0.717) is 0 Å². The van der Waals surface area contributed by atoms with Crippen LogP contribution < -0.4 is 0 Å². The normalized spacial score (nSPS) is 29.0. The van der Waals surface area contributed by atoms with Gasteiger partial charge in [-0.3, -0.25) is 19.2 Å². The predicted molar refractivity (Wildman–Crippen MR) is 120 cm³/mol. The van der Waals surface area contributed by atoms with Gasteiger partial charge in [0.1, 0.15) is 11.5 Å². The van der Waals surface area contributed by atoms with Crippen LogP contribution in [0.2, 0.25) is 0 Å². The molecule has 10 nitrogen and oxygen atoms in total. The number of carbonyl (C=O) groups is 4. The van der Waals surface area contributed by atoms with Crippen LogP contribution in [0.1, 0.15) is 37.3 Å². The number of nitrogens with zero attached hydrogens (tertiary/aromatic N) is 1. The molecule has 186 valence electrons. The molecule has 0 aromatic heterocycles. The maximum atomic E-state index is 12.8. The van der Waals surface area contributed by atoms with E-state index >= 15 is 0 Å². The summed E-state index contributed by atoms with van der Waals surface area (Å²) in [5.74, 6) is -1.80. The lowest BCUT2D eigenvalue weighted by Crippen LogP contribution is -2.63. The van der Waals surface area contributed by atoms with Gasteiger partial charge in [-0.1, -0.05) is 29.8 Å². The summed E-state index contributed by atoms with van der Waals surface area (Å²) in [7, 11) is 1.35.